The topological polar surface area (TPSA) is 100 Å². The molecule has 1 rings (SSSR count). The molecule has 0 aliphatic carbocycles. The van der Waals surface area contributed by atoms with E-state index < -0.39 is 4.92 Å². The fourth-order valence-corrected chi connectivity index (χ4v) is 1.94. The molecule has 1 aromatic carbocycles. The van der Waals surface area contributed by atoms with Gasteiger partial charge in [-0.1, -0.05) is 31.9 Å². The van der Waals surface area contributed by atoms with Crippen LogP contribution in [0.1, 0.15) is 49.9 Å². The van der Waals surface area contributed by atoms with E-state index in [1.807, 2.05) is 6.92 Å². The summed E-state index contributed by atoms with van der Waals surface area (Å²) in [7, 11) is 1.80. The molecule has 1 aromatic rings. The summed E-state index contributed by atoms with van der Waals surface area (Å²) < 4.78 is 0. The van der Waals surface area contributed by atoms with Crippen LogP contribution < -0.4 is 5.32 Å². The highest BCUT2D eigenvalue weighted by molar-refractivity contribution is 5.99. The molecule has 132 valence electrons. The third kappa shape index (κ3) is 6.31. The minimum atomic E-state index is -0.531. The van der Waals surface area contributed by atoms with Crippen molar-refractivity contribution in [3.8, 4) is 0 Å². The second-order valence-corrected chi connectivity index (χ2v) is 5.49. The van der Waals surface area contributed by atoms with Gasteiger partial charge in [0.05, 0.1) is 10.5 Å². The summed E-state index contributed by atoms with van der Waals surface area (Å²) in [5, 5.41) is 23.5. The van der Waals surface area contributed by atoms with Crippen molar-refractivity contribution in [2.75, 3.05) is 20.1 Å². The van der Waals surface area contributed by atoms with Crippen LogP contribution in [-0.4, -0.2) is 36.0 Å². The number of amides is 1. The maximum atomic E-state index is 12.3. The minimum absolute atomic E-state index is 0.145. The predicted molar refractivity (Wildman–Crippen MR) is 92.4 cm³/mol. The average Bonchev–Trinajstić information content (AvgIpc) is 2.57. The molecule has 8 nitrogen and oxygen atoms in total. The molecular weight excluding hydrogens is 310 g/mol. The summed E-state index contributed by atoms with van der Waals surface area (Å²) >= 11 is 0. The summed E-state index contributed by atoms with van der Waals surface area (Å²) in [6, 6.07) is 4.01. The molecular formula is C16H25N5O3. The zero-order valence-corrected chi connectivity index (χ0v) is 14.5. The lowest BCUT2D eigenvalue weighted by atomic mass is 10.1. The third-order valence-corrected chi connectivity index (χ3v) is 3.39. The highest BCUT2D eigenvalue weighted by Crippen LogP contribution is 2.25. The molecule has 0 aliphatic rings. The smallest absolute Gasteiger partial charge is 0.270 e. The van der Waals surface area contributed by atoms with E-state index in [4.69, 9.17) is 0 Å². The van der Waals surface area contributed by atoms with E-state index in [2.05, 4.69) is 22.6 Å². The normalized spacial score (nSPS) is 10.8. The SMILES string of the molecule is CCCCNC(=O)c1cc([N+](=O)[O-])ccc1N=NN(C)CCCC. The van der Waals surface area contributed by atoms with Crippen LogP contribution in [0.3, 0.4) is 0 Å². The van der Waals surface area contributed by atoms with E-state index in [-0.39, 0.29) is 17.2 Å². The Morgan fingerprint density at radius 2 is 2.00 bits per heavy atom. The first-order valence-electron chi connectivity index (χ1n) is 8.19. The van der Waals surface area contributed by atoms with Gasteiger partial charge in [0.1, 0.15) is 5.69 Å². The maximum Gasteiger partial charge on any atom is 0.270 e. The van der Waals surface area contributed by atoms with Crippen molar-refractivity contribution in [2.45, 2.75) is 39.5 Å². The molecule has 0 saturated carbocycles. The van der Waals surface area contributed by atoms with Crippen LogP contribution in [-0.2, 0) is 0 Å². The van der Waals surface area contributed by atoms with E-state index in [9.17, 15) is 14.9 Å². The molecule has 0 heterocycles. The van der Waals surface area contributed by atoms with Crippen molar-refractivity contribution in [3.05, 3.63) is 33.9 Å². The van der Waals surface area contributed by atoms with Crippen molar-refractivity contribution in [3.63, 3.8) is 0 Å². The fraction of sp³-hybridized carbons (Fsp3) is 0.562. The van der Waals surface area contributed by atoms with E-state index in [1.54, 1.807) is 12.1 Å². The number of rotatable bonds is 10. The molecule has 0 saturated heterocycles. The largest absolute Gasteiger partial charge is 0.352 e. The number of benzene rings is 1. The van der Waals surface area contributed by atoms with Crippen LogP contribution in [0, 0.1) is 10.1 Å². The molecule has 0 fully saturated rings. The number of nitro groups is 1. The first-order valence-corrected chi connectivity index (χ1v) is 8.19. The van der Waals surface area contributed by atoms with Crippen LogP contribution in [0.15, 0.2) is 28.5 Å². The van der Waals surface area contributed by atoms with Gasteiger partial charge in [0.25, 0.3) is 11.6 Å². The molecule has 1 N–H and O–H groups in total. The Hall–Kier alpha value is -2.51. The zero-order chi connectivity index (χ0) is 17.9. The van der Waals surface area contributed by atoms with Gasteiger partial charge in [0, 0.05) is 32.3 Å². The standard InChI is InChI=1S/C16H25N5O3/c1-4-6-10-17-16(22)14-12-13(21(23)24)8-9-15(14)18-19-20(3)11-7-5-2/h8-9,12H,4-7,10-11H2,1-3H3,(H,17,22). The molecule has 0 spiro atoms. The van der Waals surface area contributed by atoms with Gasteiger partial charge in [-0.3, -0.25) is 19.9 Å². The summed E-state index contributed by atoms with van der Waals surface area (Å²) in [6.45, 7) is 5.38. The van der Waals surface area contributed by atoms with Gasteiger partial charge < -0.3 is 5.32 Å². The summed E-state index contributed by atoms with van der Waals surface area (Å²) in [5.74, 6) is -0.377. The Kier molecular flexibility index (Phi) is 8.38. The second kappa shape index (κ2) is 10.3. The molecule has 0 unspecified atom stereocenters. The lowest BCUT2D eigenvalue weighted by molar-refractivity contribution is -0.384. The Labute approximate surface area is 142 Å². The molecule has 24 heavy (non-hydrogen) atoms. The summed E-state index contributed by atoms with van der Waals surface area (Å²) in [5.41, 5.74) is 0.333. The molecule has 1 amide bonds. The van der Waals surface area contributed by atoms with Crippen molar-refractivity contribution in [1.82, 2.24) is 10.3 Å². The molecule has 0 atom stereocenters. The number of hydrogen-bond donors (Lipinski definition) is 1. The van der Waals surface area contributed by atoms with Crippen molar-refractivity contribution in [1.29, 1.82) is 0 Å². The first-order chi connectivity index (χ1) is 11.5. The Balaban J connectivity index is 2.98. The van der Waals surface area contributed by atoms with E-state index in [1.165, 1.54) is 18.2 Å². The number of non-ortho nitro benzene ring substituents is 1. The van der Waals surface area contributed by atoms with Crippen LogP contribution >= 0.6 is 0 Å². The number of nitrogens with zero attached hydrogens (tertiary/aromatic N) is 4. The van der Waals surface area contributed by atoms with Crippen molar-refractivity contribution < 1.29 is 9.72 Å². The molecule has 0 bridgehead atoms. The van der Waals surface area contributed by atoms with Crippen LogP contribution in [0.4, 0.5) is 11.4 Å². The minimum Gasteiger partial charge on any atom is -0.352 e. The molecule has 8 heteroatoms. The summed E-state index contributed by atoms with van der Waals surface area (Å²) in [4.78, 5) is 22.7. The lowest BCUT2D eigenvalue weighted by Gasteiger charge is -2.11. The predicted octanol–water partition coefficient (Wildman–Crippen LogP) is 3.86. The van der Waals surface area contributed by atoms with Gasteiger partial charge >= 0.3 is 0 Å². The number of hydrogen-bond acceptors (Lipinski definition) is 5. The number of carbonyl (C=O) groups excluding carboxylic acids is 1. The van der Waals surface area contributed by atoms with Crippen molar-refractivity contribution >= 4 is 17.3 Å². The Morgan fingerprint density at radius 3 is 2.62 bits per heavy atom. The van der Waals surface area contributed by atoms with Gasteiger partial charge in [-0.15, -0.1) is 5.11 Å². The number of nitro benzene ring substituents is 1. The fourth-order valence-electron chi connectivity index (χ4n) is 1.94. The quantitative estimate of drug-likeness (QED) is 0.304. The third-order valence-electron chi connectivity index (χ3n) is 3.39. The van der Waals surface area contributed by atoms with Gasteiger partial charge in [-0.05, 0) is 18.9 Å². The maximum absolute atomic E-state index is 12.3. The number of carbonyl (C=O) groups is 1. The van der Waals surface area contributed by atoms with E-state index in [0.29, 0.717) is 12.2 Å². The lowest BCUT2D eigenvalue weighted by Crippen LogP contribution is -2.24. The van der Waals surface area contributed by atoms with Gasteiger partial charge in [0.2, 0.25) is 0 Å². The van der Waals surface area contributed by atoms with Gasteiger partial charge in [0.15, 0.2) is 0 Å². The van der Waals surface area contributed by atoms with Gasteiger partial charge in [-0.2, -0.15) is 0 Å². The van der Waals surface area contributed by atoms with E-state index >= 15 is 0 Å². The number of unbranched alkanes of at least 4 members (excludes halogenated alkanes) is 2. The number of nitrogens with one attached hydrogen (secondary N) is 1. The van der Waals surface area contributed by atoms with Crippen LogP contribution in [0.5, 0.6) is 0 Å². The van der Waals surface area contributed by atoms with Crippen LogP contribution in [0.2, 0.25) is 0 Å². The van der Waals surface area contributed by atoms with Crippen molar-refractivity contribution in [2.24, 2.45) is 10.3 Å². The van der Waals surface area contributed by atoms with Crippen LogP contribution in [0.25, 0.3) is 0 Å². The van der Waals surface area contributed by atoms with Gasteiger partial charge in [-0.25, -0.2) is 0 Å². The highest BCUT2D eigenvalue weighted by atomic mass is 16.6. The Morgan fingerprint density at radius 1 is 1.29 bits per heavy atom. The summed E-state index contributed by atoms with van der Waals surface area (Å²) in [6.07, 6.45) is 3.82. The molecule has 0 aromatic heterocycles. The first kappa shape index (κ1) is 19.5. The molecule has 0 radical (unpaired) electrons. The molecule has 0 aliphatic heterocycles. The van der Waals surface area contributed by atoms with E-state index in [0.717, 1.165) is 32.2 Å². The monoisotopic (exact) mass is 335 g/mol. The average molecular weight is 335 g/mol. The highest BCUT2D eigenvalue weighted by Gasteiger charge is 2.16. The Bertz CT molecular complexity index is 589. The second-order valence-electron chi connectivity index (χ2n) is 5.49. The zero-order valence-electron chi connectivity index (χ0n) is 14.5.